The molecule has 1 fully saturated rings. The summed E-state index contributed by atoms with van der Waals surface area (Å²) in [4.78, 5) is 53.6. The lowest BCUT2D eigenvalue weighted by atomic mass is 9.54. The number of benzene rings is 3. The maximum Gasteiger partial charge on any atom is 0.330 e. The summed E-state index contributed by atoms with van der Waals surface area (Å²) in [5.74, 6) is -4.91. The molecule has 6 nitrogen and oxygen atoms in total. The average molecular weight is 591 g/mol. The summed E-state index contributed by atoms with van der Waals surface area (Å²) in [6, 6.07) is 20.4. The van der Waals surface area contributed by atoms with Crippen LogP contribution in [-0.4, -0.2) is 40.6 Å². The van der Waals surface area contributed by atoms with Gasteiger partial charge in [-0.2, -0.15) is 0 Å². The third kappa shape index (κ3) is 3.70. The lowest BCUT2D eigenvalue weighted by Crippen LogP contribution is -2.57. The van der Waals surface area contributed by atoms with Gasteiger partial charge in [0.1, 0.15) is 15.8 Å². The van der Waals surface area contributed by atoms with Crippen molar-refractivity contribution in [3.05, 3.63) is 106 Å². The number of hydrogen-bond donors (Lipinski definition) is 0. The van der Waals surface area contributed by atoms with Crippen LogP contribution >= 0.6 is 23.2 Å². The fraction of sp³-hybridized carbons (Fsp3) is 0.333. The molecule has 8 heteroatoms. The van der Waals surface area contributed by atoms with Crippen LogP contribution < -0.4 is 0 Å². The van der Waals surface area contributed by atoms with Gasteiger partial charge in [-0.3, -0.25) is 19.3 Å². The van der Waals surface area contributed by atoms with E-state index in [1.807, 2.05) is 55.5 Å². The van der Waals surface area contributed by atoms with Gasteiger partial charge in [0.25, 0.3) is 0 Å². The highest BCUT2D eigenvalue weighted by Gasteiger charge is 2.74. The molecule has 3 aliphatic carbocycles. The number of imide groups is 1. The highest BCUT2D eigenvalue weighted by atomic mass is 35.5. The van der Waals surface area contributed by atoms with Crippen LogP contribution in [0.25, 0.3) is 0 Å². The highest BCUT2D eigenvalue weighted by Crippen LogP contribution is 2.69. The van der Waals surface area contributed by atoms with Gasteiger partial charge in [0.05, 0.1) is 11.8 Å². The number of nitrogens with zero attached hydrogens (tertiary/aromatic N) is 1. The fourth-order valence-electron chi connectivity index (χ4n) is 6.89. The predicted molar refractivity (Wildman–Crippen MR) is 155 cm³/mol. The molecule has 1 heterocycles. The largest absolute Gasteiger partial charge is 0.453 e. The number of ketones is 1. The molecule has 3 aromatic rings. The van der Waals surface area contributed by atoms with E-state index < -0.39 is 57.4 Å². The molecular formula is C33H29Cl2NO5. The van der Waals surface area contributed by atoms with E-state index >= 15 is 0 Å². The quantitative estimate of drug-likeness (QED) is 0.159. The summed E-state index contributed by atoms with van der Waals surface area (Å²) in [7, 11) is 0. The zero-order valence-electron chi connectivity index (χ0n) is 23.1. The molecule has 0 N–H and O–H groups in total. The van der Waals surface area contributed by atoms with Crippen molar-refractivity contribution < 1.29 is 23.9 Å². The van der Waals surface area contributed by atoms with E-state index in [1.54, 1.807) is 38.1 Å². The molecule has 0 radical (unpaired) electrons. The van der Waals surface area contributed by atoms with E-state index in [2.05, 4.69) is 0 Å². The van der Waals surface area contributed by atoms with Gasteiger partial charge < -0.3 is 4.74 Å². The number of carbonyl (C=O) groups excluding carboxylic acids is 4. The molecule has 0 spiro atoms. The number of esters is 1. The lowest BCUT2D eigenvalue weighted by molar-refractivity contribution is -0.162. The maximum absolute atomic E-state index is 14.3. The van der Waals surface area contributed by atoms with Crippen molar-refractivity contribution in [2.45, 2.75) is 49.6 Å². The first kappa shape index (κ1) is 27.7. The Hall–Kier alpha value is -3.48. The number of alkyl halides is 2. The molecule has 1 saturated heterocycles. The van der Waals surface area contributed by atoms with Crippen LogP contribution in [0.3, 0.4) is 0 Å². The van der Waals surface area contributed by atoms with Crippen molar-refractivity contribution in [2.75, 3.05) is 0 Å². The molecular weight excluding hydrogens is 561 g/mol. The molecule has 4 atom stereocenters. The van der Waals surface area contributed by atoms with Crippen LogP contribution in [-0.2, 0) is 28.9 Å². The molecule has 41 heavy (non-hydrogen) atoms. The Morgan fingerprint density at radius 3 is 1.56 bits per heavy atom. The number of aryl methyl sites for hydroxylation is 1. The topological polar surface area (TPSA) is 80.8 Å². The first-order valence-electron chi connectivity index (χ1n) is 13.7. The third-order valence-electron chi connectivity index (χ3n) is 8.77. The van der Waals surface area contributed by atoms with E-state index in [0.29, 0.717) is 27.8 Å². The summed E-state index contributed by atoms with van der Waals surface area (Å²) in [5, 5.41) is 0. The number of ether oxygens (including phenoxy) is 1. The third-order valence-corrected chi connectivity index (χ3v) is 10.1. The molecule has 2 amide bonds. The Balaban J connectivity index is 1.39. The number of Topliss-reactive ketones (excluding diaryl/α,β-unsaturated/α-hetero) is 1. The number of rotatable bonds is 6. The van der Waals surface area contributed by atoms with E-state index in [9.17, 15) is 19.2 Å². The minimum absolute atomic E-state index is 0.378. The van der Waals surface area contributed by atoms with E-state index in [-0.39, 0.29) is 5.78 Å². The Kier molecular flexibility index (Phi) is 6.44. The minimum Gasteiger partial charge on any atom is -0.453 e. The summed E-state index contributed by atoms with van der Waals surface area (Å²) in [6.07, 6.45) is -1.12. The minimum atomic E-state index is -1.35. The van der Waals surface area contributed by atoms with Crippen LogP contribution in [0.5, 0.6) is 0 Å². The molecule has 0 saturated carbocycles. The SMILES string of the molecule is Cc1ccc(C(=O)[C@H](C)OC(=O)[C@H](C(C)C)N2C(=O)[C@@H]3[C@H](C2=O)C2(Cl)c4ccccc4C3(Cl)c3ccccc32)cc1. The maximum atomic E-state index is 14.3. The van der Waals surface area contributed by atoms with Crippen LogP contribution in [0.4, 0.5) is 0 Å². The Bertz CT molecular complexity index is 1490. The second-order valence-corrected chi connectivity index (χ2v) is 12.7. The van der Waals surface area contributed by atoms with Crippen molar-refractivity contribution in [1.82, 2.24) is 4.90 Å². The molecule has 0 unspecified atom stereocenters. The van der Waals surface area contributed by atoms with Gasteiger partial charge in [-0.25, -0.2) is 4.79 Å². The van der Waals surface area contributed by atoms with E-state index in [4.69, 9.17) is 27.9 Å². The highest BCUT2D eigenvalue weighted by molar-refractivity contribution is 6.36. The van der Waals surface area contributed by atoms with E-state index in [0.717, 1.165) is 10.5 Å². The number of amides is 2. The van der Waals surface area contributed by atoms with Gasteiger partial charge >= 0.3 is 5.97 Å². The van der Waals surface area contributed by atoms with Crippen molar-refractivity contribution in [2.24, 2.45) is 17.8 Å². The number of carbonyl (C=O) groups is 4. The van der Waals surface area contributed by atoms with E-state index in [1.165, 1.54) is 6.92 Å². The van der Waals surface area contributed by atoms with Gasteiger partial charge in [0.15, 0.2) is 6.10 Å². The van der Waals surface area contributed by atoms with Crippen LogP contribution in [0.2, 0.25) is 0 Å². The lowest BCUT2D eigenvalue weighted by Gasteiger charge is -2.54. The molecule has 210 valence electrons. The van der Waals surface area contributed by atoms with Crippen LogP contribution in [0.15, 0.2) is 72.8 Å². The predicted octanol–water partition coefficient (Wildman–Crippen LogP) is 5.73. The summed E-state index contributed by atoms with van der Waals surface area (Å²) in [6.45, 7) is 6.85. The van der Waals surface area contributed by atoms with Crippen molar-refractivity contribution in [3.63, 3.8) is 0 Å². The second-order valence-electron chi connectivity index (χ2n) is 11.5. The van der Waals surface area contributed by atoms with Crippen molar-refractivity contribution in [3.8, 4) is 0 Å². The van der Waals surface area contributed by atoms with Gasteiger partial charge in [-0.05, 0) is 42.0 Å². The zero-order chi connectivity index (χ0) is 29.4. The molecule has 2 bridgehead atoms. The smallest absolute Gasteiger partial charge is 0.330 e. The average Bonchev–Trinajstić information content (AvgIpc) is 3.22. The normalized spacial score (nSPS) is 27.2. The summed E-state index contributed by atoms with van der Waals surface area (Å²) in [5.41, 5.74) is 4.12. The fourth-order valence-corrected chi connectivity index (χ4v) is 7.99. The second kappa shape index (κ2) is 9.53. The first-order valence-corrected chi connectivity index (χ1v) is 14.5. The molecule has 3 aromatic carbocycles. The van der Waals surface area contributed by atoms with Crippen molar-refractivity contribution in [1.29, 1.82) is 0 Å². The standard InChI is InChI=1S/C33H29Cl2NO5/c1-17(2)27(31(40)41-19(4)28(37)20-15-13-18(3)14-16-20)36-29(38)25-26(30(36)39)33(35)22-10-6-5-9-21(22)32(25,34)23-11-7-8-12-24(23)33/h5-17,19,25-27H,1-4H3/t19-,25-,26+,27-,32?,33?/m0/s1. The molecule has 1 aliphatic heterocycles. The number of hydrogen-bond acceptors (Lipinski definition) is 5. The molecule has 0 aromatic heterocycles. The monoisotopic (exact) mass is 589 g/mol. The van der Waals surface area contributed by atoms with Crippen LogP contribution in [0, 0.1) is 24.7 Å². The Morgan fingerprint density at radius 2 is 1.17 bits per heavy atom. The van der Waals surface area contributed by atoms with Gasteiger partial charge in [0.2, 0.25) is 17.6 Å². The van der Waals surface area contributed by atoms with Gasteiger partial charge in [0, 0.05) is 5.56 Å². The number of halogens is 2. The van der Waals surface area contributed by atoms with Gasteiger partial charge in [-0.15, -0.1) is 23.2 Å². The van der Waals surface area contributed by atoms with Gasteiger partial charge in [-0.1, -0.05) is 92.2 Å². The summed E-state index contributed by atoms with van der Waals surface area (Å²) < 4.78 is 5.63. The number of likely N-dealkylation sites (tertiary alicyclic amines) is 1. The Labute approximate surface area is 248 Å². The zero-order valence-corrected chi connectivity index (χ0v) is 24.6. The summed E-state index contributed by atoms with van der Waals surface area (Å²) >= 11 is 15.0. The molecule has 4 aliphatic rings. The van der Waals surface area contributed by atoms with Crippen LogP contribution in [0.1, 0.15) is 58.9 Å². The first-order chi connectivity index (χ1) is 19.4. The molecule has 7 rings (SSSR count). The Morgan fingerprint density at radius 1 is 0.756 bits per heavy atom. The van der Waals surface area contributed by atoms with Crippen molar-refractivity contribution >= 4 is 46.8 Å².